The van der Waals surface area contributed by atoms with Crippen LogP contribution < -0.4 is 20.5 Å². The molecule has 9 heteroatoms. The molecule has 2 aromatic rings. The maximum Gasteiger partial charge on any atom is 0.261 e. The lowest BCUT2D eigenvalue weighted by Crippen LogP contribution is -2.25. The van der Waals surface area contributed by atoms with Gasteiger partial charge in [0.25, 0.3) is 15.9 Å². The van der Waals surface area contributed by atoms with Crippen LogP contribution in [0, 0.1) is 0 Å². The Morgan fingerprint density at radius 1 is 1.04 bits per heavy atom. The van der Waals surface area contributed by atoms with Crippen molar-refractivity contribution in [1.29, 1.82) is 0 Å². The van der Waals surface area contributed by atoms with Gasteiger partial charge >= 0.3 is 0 Å². The lowest BCUT2D eigenvalue weighted by atomic mass is 10.2. The molecule has 4 N–H and O–H groups in total. The standard InChI is InChI=1S/C19H25N3O4S.ClH/c1-2-26-17-9-7-16(8-10-17)22-27(24,25)18-11-5-15(6-12-18)19(23)21-14-4-3-13-20;/h5-12,22H,2-4,13-14,20H2,1H3,(H,21,23);1H. The van der Waals surface area contributed by atoms with Crippen molar-refractivity contribution in [2.45, 2.75) is 24.7 Å². The number of halogens is 1. The Bertz CT molecular complexity index is 840. The van der Waals surface area contributed by atoms with Gasteiger partial charge in [0.15, 0.2) is 0 Å². The van der Waals surface area contributed by atoms with Gasteiger partial charge in [-0.05, 0) is 74.8 Å². The van der Waals surface area contributed by atoms with E-state index >= 15 is 0 Å². The van der Waals surface area contributed by atoms with Gasteiger partial charge in [-0.15, -0.1) is 12.4 Å². The Balaban J connectivity index is 0.00000392. The van der Waals surface area contributed by atoms with E-state index in [9.17, 15) is 13.2 Å². The van der Waals surface area contributed by atoms with E-state index in [0.717, 1.165) is 12.8 Å². The van der Waals surface area contributed by atoms with Crippen molar-refractivity contribution in [1.82, 2.24) is 5.32 Å². The summed E-state index contributed by atoms with van der Waals surface area (Å²) < 4.78 is 32.8. The molecule has 7 nitrogen and oxygen atoms in total. The SMILES string of the molecule is CCOc1ccc(NS(=O)(=O)c2ccc(C(=O)NCCCCN)cc2)cc1.Cl. The van der Waals surface area contributed by atoms with Crippen LogP contribution in [0.15, 0.2) is 53.4 Å². The number of sulfonamides is 1. The third-order valence-corrected chi connectivity index (χ3v) is 5.16. The smallest absolute Gasteiger partial charge is 0.261 e. The second-order valence-electron chi connectivity index (χ2n) is 5.84. The normalized spacial score (nSPS) is 10.6. The molecule has 0 unspecified atom stereocenters. The fourth-order valence-electron chi connectivity index (χ4n) is 2.36. The minimum absolute atomic E-state index is 0. The van der Waals surface area contributed by atoms with Crippen LogP contribution in [0.1, 0.15) is 30.1 Å². The number of ether oxygens (including phenoxy) is 1. The fraction of sp³-hybridized carbons (Fsp3) is 0.316. The van der Waals surface area contributed by atoms with E-state index in [0.29, 0.717) is 36.7 Å². The van der Waals surface area contributed by atoms with Gasteiger partial charge in [-0.1, -0.05) is 0 Å². The molecule has 154 valence electrons. The van der Waals surface area contributed by atoms with Gasteiger partial charge in [-0.3, -0.25) is 9.52 Å². The van der Waals surface area contributed by atoms with Crippen LogP contribution in [-0.2, 0) is 10.0 Å². The van der Waals surface area contributed by atoms with E-state index in [1.807, 2.05) is 6.92 Å². The number of carbonyl (C=O) groups is 1. The summed E-state index contributed by atoms with van der Waals surface area (Å²) in [6, 6.07) is 12.4. The third-order valence-electron chi connectivity index (χ3n) is 3.76. The van der Waals surface area contributed by atoms with E-state index in [4.69, 9.17) is 10.5 Å². The second kappa shape index (κ2) is 11.5. The Morgan fingerprint density at radius 2 is 1.68 bits per heavy atom. The number of nitrogens with two attached hydrogens (primary N) is 1. The zero-order chi connectivity index (χ0) is 19.7. The summed E-state index contributed by atoms with van der Waals surface area (Å²) >= 11 is 0. The molecular weight excluding hydrogens is 402 g/mol. The van der Waals surface area contributed by atoms with Crippen molar-refractivity contribution < 1.29 is 17.9 Å². The monoisotopic (exact) mass is 427 g/mol. The quantitative estimate of drug-likeness (QED) is 0.505. The van der Waals surface area contributed by atoms with Crippen LogP contribution in [0.4, 0.5) is 5.69 Å². The summed E-state index contributed by atoms with van der Waals surface area (Å²) in [4.78, 5) is 12.1. The maximum absolute atomic E-state index is 12.5. The van der Waals surface area contributed by atoms with Crippen LogP contribution in [0.25, 0.3) is 0 Å². The molecule has 0 saturated heterocycles. The highest BCUT2D eigenvalue weighted by atomic mass is 35.5. The van der Waals surface area contributed by atoms with Gasteiger partial charge in [-0.2, -0.15) is 0 Å². The predicted molar refractivity (Wildman–Crippen MR) is 113 cm³/mol. The maximum atomic E-state index is 12.5. The zero-order valence-corrected chi connectivity index (χ0v) is 17.3. The number of unbranched alkanes of at least 4 members (excludes halogenated alkanes) is 1. The minimum atomic E-state index is -3.74. The van der Waals surface area contributed by atoms with E-state index in [-0.39, 0.29) is 23.2 Å². The molecule has 2 aromatic carbocycles. The molecule has 0 bridgehead atoms. The molecule has 0 saturated carbocycles. The minimum Gasteiger partial charge on any atom is -0.494 e. The van der Waals surface area contributed by atoms with Gasteiger partial charge < -0.3 is 15.8 Å². The van der Waals surface area contributed by atoms with Gasteiger partial charge in [0.2, 0.25) is 0 Å². The van der Waals surface area contributed by atoms with E-state index in [2.05, 4.69) is 10.0 Å². The molecule has 0 aromatic heterocycles. The first-order chi connectivity index (χ1) is 13.0. The Labute approximate surface area is 172 Å². The fourth-order valence-corrected chi connectivity index (χ4v) is 3.42. The van der Waals surface area contributed by atoms with Crippen molar-refractivity contribution in [3.8, 4) is 5.75 Å². The first kappa shape index (κ1) is 23.7. The second-order valence-corrected chi connectivity index (χ2v) is 7.52. The van der Waals surface area contributed by atoms with Gasteiger partial charge in [0.1, 0.15) is 5.75 Å². The summed E-state index contributed by atoms with van der Waals surface area (Å²) in [6.45, 7) is 3.54. The van der Waals surface area contributed by atoms with Crippen molar-refractivity contribution in [3.63, 3.8) is 0 Å². The van der Waals surface area contributed by atoms with Crippen LogP contribution in [0.2, 0.25) is 0 Å². The van der Waals surface area contributed by atoms with E-state index in [1.165, 1.54) is 24.3 Å². The molecule has 0 radical (unpaired) electrons. The summed E-state index contributed by atoms with van der Waals surface area (Å²) in [7, 11) is -3.74. The predicted octanol–water partition coefficient (Wildman–Crippen LogP) is 2.78. The largest absolute Gasteiger partial charge is 0.494 e. The lowest BCUT2D eigenvalue weighted by Gasteiger charge is -2.10. The molecule has 0 spiro atoms. The lowest BCUT2D eigenvalue weighted by molar-refractivity contribution is 0.0953. The molecule has 1 amide bonds. The van der Waals surface area contributed by atoms with Crippen LogP contribution in [0.5, 0.6) is 5.75 Å². The van der Waals surface area contributed by atoms with Crippen molar-refractivity contribution in [2.75, 3.05) is 24.4 Å². The first-order valence-corrected chi connectivity index (χ1v) is 10.3. The van der Waals surface area contributed by atoms with Crippen molar-refractivity contribution in [2.24, 2.45) is 5.73 Å². The molecule has 0 fully saturated rings. The van der Waals surface area contributed by atoms with Crippen LogP contribution in [-0.4, -0.2) is 34.0 Å². The third kappa shape index (κ3) is 7.03. The van der Waals surface area contributed by atoms with Crippen LogP contribution in [0.3, 0.4) is 0 Å². The molecule has 28 heavy (non-hydrogen) atoms. The van der Waals surface area contributed by atoms with E-state index in [1.54, 1.807) is 24.3 Å². The average Bonchev–Trinajstić information content (AvgIpc) is 2.67. The number of amides is 1. The number of benzene rings is 2. The highest BCUT2D eigenvalue weighted by Gasteiger charge is 2.15. The highest BCUT2D eigenvalue weighted by molar-refractivity contribution is 7.92. The average molecular weight is 428 g/mol. The number of hydrogen-bond acceptors (Lipinski definition) is 5. The first-order valence-electron chi connectivity index (χ1n) is 8.80. The Hall–Kier alpha value is -2.29. The number of rotatable bonds is 10. The van der Waals surface area contributed by atoms with E-state index < -0.39 is 10.0 Å². The molecule has 0 atom stereocenters. The van der Waals surface area contributed by atoms with Crippen molar-refractivity contribution in [3.05, 3.63) is 54.1 Å². The Kier molecular flexibility index (Phi) is 9.78. The highest BCUT2D eigenvalue weighted by Crippen LogP contribution is 2.20. The molecule has 0 aliphatic carbocycles. The van der Waals surface area contributed by atoms with Gasteiger partial charge in [-0.25, -0.2) is 8.42 Å². The summed E-state index contributed by atoms with van der Waals surface area (Å²) in [5.74, 6) is 0.428. The van der Waals surface area contributed by atoms with Crippen molar-refractivity contribution >= 4 is 34.0 Å². The van der Waals surface area contributed by atoms with Gasteiger partial charge in [0.05, 0.1) is 11.5 Å². The number of nitrogens with one attached hydrogen (secondary N) is 2. The number of hydrogen-bond donors (Lipinski definition) is 3. The molecule has 0 aliphatic rings. The summed E-state index contributed by atoms with van der Waals surface area (Å²) in [5.41, 5.74) is 6.24. The molecule has 2 rings (SSSR count). The Morgan fingerprint density at radius 3 is 2.25 bits per heavy atom. The molecule has 0 heterocycles. The molecular formula is C19H26ClN3O4S. The number of anilines is 1. The molecule has 0 aliphatic heterocycles. The summed E-state index contributed by atoms with van der Waals surface area (Å²) in [6.07, 6.45) is 1.65. The zero-order valence-electron chi connectivity index (χ0n) is 15.7. The van der Waals surface area contributed by atoms with Crippen LogP contribution >= 0.6 is 12.4 Å². The topological polar surface area (TPSA) is 111 Å². The summed E-state index contributed by atoms with van der Waals surface area (Å²) in [5, 5.41) is 2.78. The van der Waals surface area contributed by atoms with Gasteiger partial charge in [0, 0.05) is 17.8 Å². The number of carbonyl (C=O) groups excluding carboxylic acids is 1.